The third-order valence-electron chi connectivity index (χ3n) is 4.05. The zero-order valence-electron chi connectivity index (χ0n) is 14.9. The molecule has 2 aromatic heterocycles. The number of aromatic nitrogens is 4. The van der Waals surface area contributed by atoms with Gasteiger partial charge in [-0.05, 0) is 18.9 Å². The van der Waals surface area contributed by atoms with Crippen molar-refractivity contribution in [1.82, 2.24) is 20.0 Å². The second-order valence-corrected chi connectivity index (χ2v) is 7.00. The number of fused-ring (bicyclic) bond motifs is 1. The average molecular weight is 371 g/mol. The first-order chi connectivity index (χ1) is 12.6. The minimum Gasteiger partial charge on any atom is -0.295 e. The van der Waals surface area contributed by atoms with Gasteiger partial charge < -0.3 is 0 Å². The number of nitrogens with zero attached hydrogens (tertiary/aromatic N) is 4. The summed E-state index contributed by atoms with van der Waals surface area (Å²) in [5, 5.41) is 17.4. The molecule has 8 heteroatoms. The Labute approximate surface area is 155 Å². The zero-order chi connectivity index (χ0) is 18.5. The molecule has 1 aromatic carbocycles. The van der Waals surface area contributed by atoms with E-state index in [1.54, 1.807) is 24.3 Å². The number of amides is 1. The van der Waals surface area contributed by atoms with Crippen molar-refractivity contribution in [2.45, 2.75) is 46.1 Å². The summed E-state index contributed by atoms with van der Waals surface area (Å²) in [4.78, 5) is 25.4. The van der Waals surface area contributed by atoms with Gasteiger partial charge in [0.05, 0.1) is 5.39 Å². The van der Waals surface area contributed by atoms with Crippen molar-refractivity contribution in [2.24, 2.45) is 0 Å². The first-order valence-corrected chi connectivity index (χ1v) is 9.59. The van der Waals surface area contributed by atoms with Gasteiger partial charge >= 0.3 is 0 Å². The predicted octanol–water partition coefficient (Wildman–Crippen LogP) is 3.25. The van der Waals surface area contributed by atoms with E-state index in [4.69, 9.17) is 0 Å². The van der Waals surface area contributed by atoms with E-state index in [-0.39, 0.29) is 17.2 Å². The molecule has 3 aromatic rings. The van der Waals surface area contributed by atoms with Gasteiger partial charge in [-0.1, -0.05) is 56.2 Å². The molecule has 0 unspecified atom stereocenters. The Morgan fingerprint density at radius 1 is 1.15 bits per heavy atom. The Morgan fingerprint density at radius 2 is 1.92 bits per heavy atom. The lowest BCUT2D eigenvalue weighted by atomic mass is 10.1. The van der Waals surface area contributed by atoms with Crippen LogP contribution in [0.1, 0.15) is 48.6 Å². The first-order valence-electron chi connectivity index (χ1n) is 8.77. The summed E-state index contributed by atoms with van der Waals surface area (Å²) < 4.78 is 1.39. The highest BCUT2D eigenvalue weighted by molar-refractivity contribution is 7.15. The van der Waals surface area contributed by atoms with Crippen LogP contribution >= 0.6 is 11.3 Å². The van der Waals surface area contributed by atoms with Gasteiger partial charge in [0, 0.05) is 11.9 Å². The maximum Gasteiger partial charge on any atom is 0.278 e. The topological polar surface area (TPSA) is 89.8 Å². The van der Waals surface area contributed by atoms with Crippen LogP contribution in [0.4, 0.5) is 5.13 Å². The van der Waals surface area contributed by atoms with Crippen LogP contribution in [0.5, 0.6) is 0 Å². The average Bonchev–Trinajstić information content (AvgIpc) is 3.11. The van der Waals surface area contributed by atoms with Crippen LogP contribution in [0.25, 0.3) is 10.8 Å². The van der Waals surface area contributed by atoms with Gasteiger partial charge in [0.25, 0.3) is 11.5 Å². The molecule has 136 valence electrons. The summed E-state index contributed by atoms with van der Waals surface area (Å²) in [5.74, 6) is -0.385. The molecule has 0 atom stereocenters. The second-order valence-electron chi connectivity index (χ2n) is 5.94. The lowest BCUT2D eigenvalue weighted by Crippen LogP contribution is -2.27. The van der Waals surface area contributed by atoms with Gasteiger partial charge in [-0.15, -0.1) is 10.2 Å². The lowest BCUT2D eigenvalue weighted by Gasteiger charge is -2.10. The van der Waals surface area contributed by atoms with E-state index in [1.165, 1.54) is 16.0 Å². The molecule has 0 saturated heterocycles. The van der Waals surface area contributed by atoms with Crippen LogP contribution in [-0.2, 0) is 13.0 Å². The van der Waals surface area contributed by atoms with E-state index in [0.717, 1.165) is 30.7 Å². The van der Waals surface area contributed by atoms with Crippen LogP contribution in [0.2, 0.25) is 0 Å². The molecular formula is C18H21N5O2S. The normalized spacial score (nSPS) is 11.0. The van der Waals surface area contributed by atoms with E-state index in [2.05, 4.69) is 27.5 Å². The van der Waals surface area contributed by atoms with Gasteiger partial charge in [-0.25, -0.2) is 4.68 Å². The van der Waals surface area contributed by atoms with Gasteiger partial charge in [0.1, 0.15) is 5.01 Å². The smallest absolute Gasteiger partial charge is 0.278 e. The molecular weight excluding hydrogens is 350 g/mol. The van der Waals surface area contributed by atoms with Crippen molar-refractivity contribution < 1.29 is 4.79 Å². The number of anilines is 1. The Balaban J connectivity index is 1.98. The molecule has 7 nitrogen and oxygen atoms in total. The van der Waals surface area contributed by atoms with Crippen molar-refractivity contribution in [2.75, 3.05) is 5.32 Å². The maximum absolute atomic E-state index is 12.8. The van der Waals surface area contributed by atoms with Gasteiger partial charge in [-0.3, -0.25) is 14.9 Å². The van der Waals surface area contributed by atoms with Gasteiger partial charge in [0.15, 0.2) is 5.69 Å². The lowest BCUT2D eigenvalue weighted by molar-refractivity contribution is 0.102. The monoisotopic (exact) mass is 371 g/mol. The van der Waals surface area contributed by atoms with Crippen LogP contribution in [0.15, 0.2) is 29.1 Å². The summed E-state index contributed by atoms with van der Waals surface area (Å²) in [5.41, 5.74) is 0.0578. The minimum absolute atomic E-state index is 0.169. The molecule has 0 saturated carbocycles. The highest BCUT2D eigenvalue weighted by Crippen LogP contribution is 2.19. The Kier molecular flexibility index (Phi) is 5.72. The Hall–Kier alpha value is -2.61. The number of nitrogens with one attached hydrogen (secondary N) is 1. The SMILES string of the molecule is CCCCCn1nc(C(=O)Nc2nnc(CC)s2)c2ccccc2c1=O. The number of aryl methyl sites for hydroxylation is 2. The highest BCUT2D eigenvalue weighted by atomic mass is 32.1. The van der Waals surface area contributed by atoms with Crippen molar-refractivity contribution in [1.29, 1.82) is 0 Å². The van der Waals surface area contributed by atoms with E-state index < -0.39 is 0 Å². The van der Waals surface area contributed by atoms with E-state index >= 15 is 0 Å². The summed E-state index contributed by atoms with van der Waals surface area (Å²) >= 11 is 1.33. The first kappa shape index (κ1) is 18.2. The number of hydrogen-bond donors (Lipinski definition) is 1. The largest absolute Gasteiger partial charge is 0.295 e. The number of benzene rings is 1. The molecule has 0 spiro atoms. The number of rotatable bonds is 7. The molecule has 26 heavy (non-hydrogen) atoms. The quantitative estimate of drug-likeness (QED) is 0.644. The summed E-state index contributed by atoms with van der Waals surface area (Å²) in [6.45, 7) is 4.58. The molecule has 0 aliphatic heterocycles. The van der Waals surface area contributed by atoms with E-state index in [9.17, 15) is 9.59 Å². The summed E-state index contributed by atoms with van der Waals surface area (Å²) in [6, 6.07) is 7.06. The van der Waals surface area contributed by atoms with Crippen molar-refractivity contribution >= 4 is 33.1 Å². The number of carbonyl (C=O) groups excluding carboxylic acids is 1. The van der Waals surface area contributed by atoms with Gasteiger partial charge in [-0.2, -0.15) is 5.10 Å². The van der Waals surface area contributed by atoms with Crippen molar-refractivity contribution in [3.8, 4) is 0 Å². The molecule has 2 heterocycles. The van der Waals surface area contributed by atoms with Crippen molar-refractivity contribution in [3.05, 3.63) is 45.3 Å². The third-order valence-corrected chi connectivity index (χ3v) is 5.03. The molecule has 0 bridgehead atoms. The molecule has 0 aliphatic rings. The molecule has 1 amide bonds. The Bertz CT molecular complexity index is 979. The molecule has 0 radical (unpaired) electrons. The van der Waals surface area contributed by atoms with Crippen LogP contribution in [0.3, 0.4) is 0 Å². The highest BCUT2D eigenvalue weighted by Gasteiger charge is 2.18. The summed E-state index contributed by atoms with van der Waals surface area (Å²) in [6.07, 6.45) is 3.66. The number of carbonyl (C=O) groups is 1. The van der Waals surface area contributed by atoms with E-state index in [0.29, 0.717) is 22.4 Å². The second kappa shape index (κ2) is 8.18. The fourth-order valence-corrected chi connectivity index (χ4v) is 3.34. The maximum atomic E-state index is 12.8. The minimum atomic E-state index is -0.385. The Morgan fingerprint density at radius 3 is 2.62 bits per heavy atom. The fraction of sp³-hybridized carbons (Fsp3) is 0.389. The number of unbranched alkanes of at least 4 members (excludes halogenated alkanes) is 2. The van der Waals surface area contributed by atoms with Crippen LogP contribution in [0, 0.1) is 0 Å². The molecule has 0 aliphatic carbocycles. The van der Waals surface area contributed by atoms with Gasteiger partial charge in [0.2, 0.25) is 5.13 Å². The molecule has 0 fully saturated rings. The standard InChI is InChI=1S/C18H21N5O2S/c1-3-5-8-11-23-17(25)13-10-7-6-9-12(13)15(22-23)16(24)19-18-21-20-14(4-2)26-18/h6-7,9-10H,3-5,8,11H2,1-2H3,(H,19,21,24). The number of hydrogen-bond acceptors (Lipinski definition) is 6. The van der Waals surface area contributed by atoms with Crippen LogP contribution < -0.4 is 10.9 Å². The predicted molar refractivity (Wildman–Crippen MR) is 103 cm³/mol. The fourth-order valence-electron chi connectivity index (χ4n) is 2.67. The van der Waals surface area contributed by atoms with E-state index in [1.807, 2.05) is 6.92 Å². The van der Waals surface area contributed by atoms with Crippen LogP contribution in [-0.4, -0.2) is 25.9 Å². The molecule has 1 N–H and O–H groups in total. The zero-order valence-corrected chi connectivity index (χ0v) is 15.7. The summed E-state index contributed by atoms with van der Waals surface area (Å²) in [7, 11) is 0. The third kappa shape index (κ3) is 3.80. The van der Waals surface area contributed by atoms with Crippen molar-refractivity contribution in [3.63, 3.8) is 0 Å². The molecule has 3 rings (SSSR count).